The van der Waals surface area contributed by atoms with Crippen LogP contribution in [0.25, 0.3) is 0 Å². The predicted octanol–water partition coefficient (Wildman–Crippen LogP) is 0.524. The van der Waals surface area contributed by atoms with Crippen LogP contribution in [0, 0.1) is 0 Å². The largest absolute Gasteiger partial charge is 0.355 e. The molecule has 2 aromatic rings. The molecule has 0 radical (unpaired) electrons. The number of guanidine groups is 1. The molecule has 0 unspecified atom stereocenters. The van der Waals surface area contributed by atoms with E-state index in [1.165, 1.54) is 19.3 Å². The lowest BCUT2D eigenvalue weighted by atomic mass is 10.2. The molecular weight excluding hydrogens is 318 g/mol. The Morgan fingerprint density at radius 1 is 1.16 bits per heavy atom. The minimum Gasteiger partial charge on any atom is -0.355 e. The SMILES string of the molecule is CCc1nncn1CCNC(=NC)NCc1nnc2n1CCCCC2. The first-order valence-electron chi connectivity index (χ1n) is 9.04. The third-order valence-electron chi connectivity index (χ3n) is 4.48. The second-order valence-corrected chi connectivity index (χ2v) is 6.14. The van der Waals surface area contributed by atoms with Crippen LogP contribution >= 0.6 is 0 Å². The highest BCUT2D eigenvalue weighted by atomic mass is 15.3. The van der Waals surface area contributed by atoms with Gasteiger partial charge in [-0.3, -0.25) is 4.99 Å². The first kappa shape index (κ1) is 17.4. The fourth-order valence-electron chi connectivity index (χ4n) is 3.09. The maximum absolute atomic E-state index is 4.34. The summed E-state index contributed by atoms with van der Waals surface area (Å²) in [7, 11) is 1.77. The molecular formula is C16H27N9. The van der Waals surface area contributed by atoms with Gasteiger partial charge in [-0.2, -0.15) is 0 Å². The summed E-state index contributed by atoms with van der Waals surface area (Å²) in [5, 5.41) is 23.4. The summed E-state index contributed by atoms with van der Waals surface area (Å²) >= 11 is 0. The zero-order valence-electron chi connectivity index (χ0n) is 15.1. The number of hydrogen-bond acceptors (Lipinski definition) is 5. The molecule has 9 heteroatoms. The minimum atomic E-state index is 0.625. The molecule has 3 heterocycles. The second-order valence-electron chi connectivity index (χ2n) is 6.14. The van der Waals surface area contributed by atoms with Crippen molar-refractivity contribution in [2.24, 2.45) is 4.99 Å². The van der Waals surface area contributed by atoms with E-state index in [9.17, 15) is 0 Å². The summed E-state index contributed by atoms with van der Waals surface area (Å²) < 4.78 is 4.30. The van der Waals surface area contributed by atoms with E-state index in [1.54, 1.807) is 13.4 Å². The number of nitrogens with one attached hydrogen (secondary N) is 2. The van der Waals surface area contributed by atoms with Crippen LogP contribution in [0.5, 0.6) is 0 Å². The van der Waals surface area contributed by atoms with E-state index in [-0.39, 0.29) is 0 Å². The van der Waals surface area contributed by atoms with Crippen LogP contribution < -0.4 is 10.6 Å². The highest BCUT2D eigenvalue weighted by Gasteiger charge is 2.14. The van der Waals surface area contributed by atoms with Crippen molar-refractivity contribution in [2.75, 3.05) is 13.6 Å². The normalized spacial score (nSPS) is 14.9. The van der Waals surface area contributed by atoms with E-state index < -0.39 is 0 Å². The molecule has 0 spiro atoms. The van der Waals surface area contributed by atoms with Gasteiger partial charge in [-0.05, 0) is 12.8 Å². The zero-order chi connectivity index (χ0) is 17.5. The van der Waals surface area contributed by atoms with E-state index in [1.807, 2.05) is 0 Å². The lowest BCUT2D eigenvalue weighted by molar-refractivity contribution is 0.593. The molecule has 2 aromatic heterocycles. The van der Waals surface area contributed by atoms with E-state index in [4.69, 9.17) is 0 Å². The molecule has 0 bridgehead atoms. The molecule has 3 rings (SSSR count). The maximum Gasteiger partial charge on any atom is 0.191 e. The Kier molecular flexibility index (Phi) is 5.97. The Balaban J connectivity index is 1.49. The summed E-state index contributed by atoms with van der Waals surface area (Å²) in [5.41, 5.74) is 0. The van der Waals surface area contributed by atoms with Gasteiger partial charge in [0.15, 0.2) is 11.8 Å². The molecule has 0 saturated carbocycles. The Hall–Kier alpha value is -2.45. The predicted molar refractivity (Wildman–Crippen MR) is 95.2 cm³/mol. The van der Waals surface area contributed by atoms with Crippen molar-refractivity contribution in [1.29, 1.82) is 0 Å². The molecule has 0 aromatic carbocycles. The first-order valence-corrected chi connectivity index (χ1v) is 9.04. The third kappa shape index (κ3) is 4.34. The highest BCUT2D eigenvalue weighted by molar-refractivity contribution is 5.79. The van der Waals surface area contributed by atoms with Gasteiger partial charge in [0.2, 0.25) is 0 Å². The Morgan fingerprint density at radius 2 is 2.08 bits per heavy atom. The molecule has 9 nitrogen and oxygen atoms in total. The van der Waals surface area contributed by atoms with E-state index in [2.05, 4.69) is 52.1 Å². The van der Waals surface area contributed by atoms with Gasteiger partial charge in [0.25, 0.3) is 0 Å². The average Bonchev–Trinajstić information content (AvgIpc) is 3.17. The topological polar surface area (TPSA) is 97.8 Å². The molecule has 2 N–H and O–H groups in total. The van der Waals surface area contributed by atoms with E-state index in [0.29, 0.717) is 6.54 Å². The molecule has 1 aliphatic heterocycles. The van der Waals surface area contributed by atoms with Crippen molar-refractivity contribution in [1.82, 2.24) is 40.2 Å². The number of hydrogen-bond donors (Lipinski definition) is 2. The van der Waals surface area contributed by atoms with Crippen molar-refractivity contribution in [3.63, 3.8) is 0 Å². The standard InChI is InChI=1S/C16H27N9/c1-3-13-21-20-12-24(13)10-8-18-16(17-2)19-11-15-23-22-14-7-5-4-6-9-25(14)15/h12H,3-11H2,1-2H3,(H2,17,18,19). The van der Waals surface area contributed by atoms with Crippen molar-refractivity contribution in [3.8, 4) is 0 Å². The molecule has 0 saturated heterocycles. The average molecular weight is 345 g/mol. The van der Waals surface area contributed by atoms with Gasteiger partial charge in [-0.25, -0.2) is 0 Å². The smallest absolute Gasteiger partial charge is 0.191 e. The zero-order valence-corrected chi connectivity index (χ0v) is 15.1. The molecule has 136 valence electrons. The number of fused-ring (bicyclic) bond motifs is 1. The van der Waals surface area contributed by atoms with Crippen molar-refractivity contribution in [2.45, 2.75) is 58.7 Å². The van der Waals surface area contributed by atoms with Gasteiger partial charge in [0.1, 0.15) is 18.0 Å². The summed E-state index contributed by atoms with van der Waals surface area (Å²) in [5.74, 6) is 3.84. The van der Waals surface area contributed by atoms with Crippen molar-refractivity contribution < 1.29 is 0 Å². The minimum absolute atomic E-state index is 0.625. The second kappa shape index (κ2) is 8.59. The van der Waals surface area contributed by atoms with Gasteiger partial charge < -0.3 is 19.8 Å². The molecule has 25 heavy (non-hydrogen) atoms. The third-order valence-corrected chi connectivity index (χ3v) is 4.48. The van der Waals surface area contributed by atoms with Gasteiger partial charge >= 0.3 is 0 Å². The van der Waals surface area contributed by atoms with Crippen LogP contribution in [0.15, 0.2) is 11.3 Å². The Labute approximate surface area is 148 Å². The maximum atomic E-state index is 4.34. The van der Waals surface area contributed by atoms with E-state index in [0.717, 1.165) is 55.9 Å². The van der Waals surface area contributed by atoms with Crippen molar-refractivity contribution in [3.05, 3.63) is 23.8 Å². The van der Waals surface area contributed by atoms with Crippen LogP contribution in [0.3, 0.4) is 0 Å². The lowest BCUT2D eigenvalue weighted by Crippen LogP contribution is -2.39. The fraction of sp³-hybridized carbons (Fsp3) is 0.688. The van der Waals surface area contributed by atoms with Gasteiger partial charge in [0.05, 0.1) is 6.54 Å². The van der Waals surface area contributed by atoms with Crippen LogP contribution in [0.2, 0.25) is 0 Å². The number of rotatable bonds is 6. The molecule has 0 atom stereocenters. The highest BCUT2D eigenvalue weighted by Crippen LogP contribution is 2.14. The first-order chi connectivity index (χ1) is 12.3. The van der Waals surface area contributed by atoms with Gasteiger partial charge in [-0.15, -0.1) is 20.4 Å². The van der Waals surface area contributed by atoms with Crippen LogP contribution in [-0.2, 0) is 32.5 Å². The number of aliphatic imine (C=N–C) groups is 1. The molecule has 0 fully saturated rings. The Morgan fingerprint density at radius 3 is 2.92 bits per heavy atom. The summed E-state index contributed by atoms with van der Waals surface area (Å²) in [4.78, 5) is 4.28. The lowest BCUT2D eigenvalue weighted by Gasteiger charge is -2.13. The molecule has 0 aliphatic carbocycles. The summed E-state index contributed by atoms with van der Waals surface area (Å²) in [6, 6.07) is 0. The van der Waals surface area contributed by atoms with E-state index >= 15 is 0 Å². The fourth-order valence-corrected chi connectivity index (χ4v) is 3.09. The van der Waals surface area contributed by atoms with Crippen molar-refractivity contribution >= 4 is 5.96 Å². The number of aromatic nitrogens is 6. The molecule has 0 amide bonds. The monoisotopic (exact) mass is 345 g/mol. The van der Waals surface area contributed by atoms with Crippen LogP contribution in [0.4, 0.5) is 0 Å². The Bertz CT molecular complexity index is 700. The van der Waals surface area contributed by atoms with Gasteiger partial charge in [-0.1, -0.05) is 13.3 Å². The summed E-state index contributed by atoms with van der Waals surface area (Å²) in [6.45, 7) is 5.27. The number of aryl methyl sites for hydroxylation is 2. The van der Waals surface area contributed by atoms with Crippen LogP contribution in [-0.4, -0.2) is 49.1 Å². The quantitative estimate of drug-likeness (QED) is 0.585. The van der Waals surface area contributed by atoms with Gasteiger partial charge in [0, 0.05) is 39.5 Å². The van der Waals surface area contributed by atoms with Crippen LogP contribution in [0.1, 0.15) is 43.7 Å². The number of nitrogens with zero attached hydrogens (tertiary/aromatic N) is 7. The molecule has 1 aliphatic rings. The summed E-state index contributed by atoms with van der Waals surface area (Å²) in [6.07, 6.45) is 7.34.